The molecule has 0 saturated heterocycles. The van der Waals surface area contributed by atoms with Crippen LogP contribution >= 0.6 is 11.6 Å². The van der Waals surface area contributed by atoms with Crippen molar-refractivity contribution in [3.8, 4) is 23.2 Å². The fourth-order valence-electron chi connectivity index (χ4n) is 3.04. The number of fused-ring (bicyclic) bond motifs is 5. The number of pyridine rings is 1. The number of rotatable bonds is 0. The van der Waals surface area contributed by atoms with E-state index >= 15 is 0 Å². The van der Waals surface area contributed by atoms with Gasteiger partial charge in [-0.25, -0.2) is 14.6 Å². The first kappa shape index (κ1) is 14.9. The topological polar surface area (TPSA) is 61.4 Å². The van der Waals surface area contributed by atoms with Crippen LogP contribution in [0.3, 0.4) is 0 Å². The van der Waals surface area contributed by atoms with Gasteiger partial charge in [0.25, 0.3) is 0 Å². The van der Waals surface area contributed by atoms with Gasteiger partial charge in [0.15, 0.2) is 0 Å². The normalized spacial score (nSPS) is 11.6. The number of benzene rings is 1. The van der Waals surface area contributed by atoms with Crippen LogP contribution in [0.2, 0.25) is 5.02 Å². The molecule has 1 aliphatic heterocycles. The molecule has 0 aliphatic carbocycles. The molecule has 0 saturated carbocycles. The zero-order valence-electron chi connectivity index (χ0n) is 13.5. The Balaban J connectivity index is 1.69. The van der Waals surface area contributed by atoms with Crippen LogP contribution in [0.5, 0.6) is 0 Å². The van der Waals surface area contributed by atoms with Crippen molar-refractivity contribution in [2.75, 3.05) is 0 Å². The monoisotopic (exact) mass is 358 g/mol. The van der Waals surface area contributed by atoms with Crippen LogP contribution in [-0.4, -0.2) is 29.5 Å². The Kier molecular flexibility index (Phi) is 3.33. The zero-order chi connectivity index (χ0) is 17.5. The largest absolute Gasteiger partial charge is 0.299 e. The molecule has 5 rings (SSSR count). The number of halogens is 1. The number of hydrogen-bond acceptors (Lipinski definition) is 4. The van der Waals surface area contributed by atoms with Gasteiger partial charge in [0.2, 0.25) is 0 Å². The summed E-state index contributed by atoms with van der Waals surface area (Å²) in [7, 11) is 0. The molecule has 0 amide bonds. The minimum Gasteiger partial charge on any atom is -0.299 e. The van der Waals surface area contributed by atoms with Gasteiger partial charge in [-0.05, 0) is 42.2 Å². The predicted molar refractivity (Wildman–Crippen MR) is 96.5 cm³/mol. The van der Waals surface area contributed by atoms with E-state index in [9.17, 15) is 0 Å². The fraction of sp³-hybridized carbons (Fsp3) is 0.0526. The molecule has 3 aromatic heterocycles. The molecule has 1 aliphatic rings. The van der Waals surface area contributed by atoms with Gasteiger partial charge in [-0.2, -0.15) is 0 Å². The summed E-state index contributed by atoms with van der Waals surface area (Å²) in [5.41, 5.74) is 5.16. The van der Waals surface area contributed by atoms with Crippen LogP contribution in [0.15, 0.2) is 55.1 Å². The number of hydrogen-bond donors (Lipinski definition) is 0. The average molecular weight is 359 g/mol. The summed E-state index contributed by atoms with van der Waals surface area (Å²) in [6.45, 7) is 0. The van der Waals surface area contributed by atoms with E-state index in [4.69, 9.17) is 11.6 Å². The maximum atomic E-state index is 6.20. The van der Waals surface area contributed by atoms with Crippen molar-refractivity contribution in [2.45, 2.75) is 6.42 Å². The summed E-state index contributed by atoms with van der Waals surface area (Å²) in [5.74, 6) is 6.21. The molecule has 1 aromatic carbocycles. The Labute approximate surface area is 154 Å². The van der Waals surface area contributed by atoms with Crippen molar-refractivity contribution in [3.05, 3.63) is 82.9 Å². The molecule has 4 aromatic rings. The molecule has 0 fully saturated rings. The molecule has 0 N–H and O–H groups in total. The molecular formula is C19H11ClN6. The number of nitrogens with zero attached hydrogens (tertiary/aromatic N) is 6. The smallest absolute Gasteiger partial charge is 0.135 e. The fourth-order valence-corrected chi connectivity index (χ4v) is 3.20. The molecule has 4 heterocycles. The highest BCUT2D eigenvalue weighted by molar-refractivity contribution is 6.30. The van der Waals surface area contributed by atoms with Gasteiger partial charge in [0, 0.05) is 17.6 Å². The molecule has 6 nitrogen and oxygen atoms in total. The SMILES string of the molecule is Clc1ccc2c(c1)-n1nncc1Cc1c(C#Cc3ccccn3)ncn1-2. The van der Waals surface area contributed by atoms with Gasteiger partial charge >= 0.3 is 0 Å². The van der Waals surface area contributed by atoms with Gasteiger partial charge in [-0.15, -0.1) is 5.10 Å². The lowest BCUT2D eigenvalue weighted by Gasteiger charge is -2.09. The van der Waals surface area contributed by atoms with Crippen molar-refractivity contribution in [1.82, 2.24) is 29.5 Å². The maximum absolute atomic E-state index is 6.20. The van der Waals surface area contributed by atoms with Crippen LogP contribution in [0.1, 0.15) is 22.8 Å². The summed E-state index contributed by atoms with van der Waals surface area (Å²) >= 11 is 6.20. The maximum Gasteiger partial charge on any atom is 0.135 e. The van der Waals surface area contributed by atoms with Crippen LogP contribution < -0.4 is 0 Å². The minimum atomic E-state index is 0.617. The highest BCUT2D eigenvalue weighted by Crippen LogP contribution is 2.30. The van der Waals surface area contributed by atoms with Crippen LogP contribution in [0, 0.1) is 11.8 Å². The summed E-state index contributed by atoms with van der Waals surface area (Å²) in [4.78, 5) is 8.75. The van der Waals surface area contributed by atoms with E-state index in [-0.39, 0.29) is 0 Å². The minimum absolute atomic E-state index is 0.617. The van der Waals surface area contributed by atoms with Gasteiger partial charge in [0.05, 0.1) is 29.0 Å². The van der Waals surface area contributed by atoms with Gasteiger partial charge in [-0.1, -0.05) is 22.9 Å². The van der Waals surface area contributed by atoms with E-state index in [1.165, 1.54) is 0 Å². The van der Waals surface area contributed by atoms with Crippen LogP contribution in [0.25, 0.3) is 11.4 Å². The second-order valence-electron chi connectivity index (χ2n) is 5.82. The first-order valence-electron chi connectivity index (χ1n) is 7.99. The molecule has 0 atom stereocenters. The number of imidazole rings is 1. The first-order valence-corrected chi connectivity index (χ1v) is 8.36. The van der Waals surface area contributed by atoms with Crippen LogP contribution in [0.4, 0.5) is 0 Å². The quantitative estimate of drug-likeness (QED) is 0.399. The van der Waals surface area contributed by atoms with Crippen molar-refractivity contribution >= 4 is 11.6 Å². The Morgan fingerprint density at radius 2 is 2.00 bits per heavy atom. The predicted octanol–water partition coefficient (Wildman–Crippen LogP) is 2.81. The van der Waals surface area contributed by atoms with E-state index in [2.05, 4.69) is 32.1 Å². The van der Waals surface area contributed by atoms with E-state index < -0.39 is 0 Å². The highest BCUT2D eigenvalue weighted by Gasteiger charge is 2.22. The second-order valence-corrected chi connectivity index (χ2v) is 6.26. The Morgan fingerprint density at radius 1 is 1.04 bits per heavy atom. The summed E-state index contributed by atoms with van der Waals surface area (Å²) in [6, 6.07) is 11.3. The Bertz CT molecular complexity index is 1180. The second kappa shape index (κ2) is 5.83. The molecule has 0 radical (unpaired) electrons. The van der Waals surface area contributed by atoms with E-state index in [0.29, 0.717) is 22.8 Å². The zero-order valence-corrected chi connectivity index (χ0v) is 14.2. The molecule has 0 bridgehead atoms. The third-order valence-corrected chi connectivity index (χ3v) is 4.47. The Morgan fingerprint density at radius 3 is 2.88 bits per heavy atom. The molecule has 26 heavy (non-hydrogen) atoms. The molecule has 0 spiro atoms. The third kappa shape index (κ3) is 2.38. The van der Waals surface area contributed by atoms with E-state index in [1.807, 2.05) is 45.6 Å². The summed E-state index contributed by atoms with van der Waals surface area (Å²) in [5, 5.41) is 8.90. The van der Waals surface area contributed by atoms with Crippen molar-refractivity contribution in [2.24, 2.45) is 0 Å². The Hall–Kier alpha value is -3.43. The first-order chi connectivity index (χ1) is 12.8. The van der Waals surface area contributed by atoms with Crippen molar-refractivity contribution in [3.63, 3.8) is 0 Å². The lowest BCUT2D eigenvalue weighted by Crippen LogP contribution is -2.03. The third-order valence-electron chi connectivity index (χ3n) is 4.23. The van der Waals surface area contributed by atoms with Crippen molar-refractivity contribution in [1.29, 1.82) is 0 Å². The average Bonchev–Trinajstić information content (AvgIpc) is 3.26. The van der Waals surface area contributed by atoms with E-state index in [1.54, 1.807) is 18.7 Å². The van der Waals surface area contributed by atoms with E-state index in [0.717, 1.165) is 22.8 Å². The lowest BCUT2D eigenvalue weighted by molar-refractivity contribution is 0.778. The van der Waals surface area contributed by atoms with Crippen LogP contribution in [-0.2, 0) is 6.42 Å². The highest BCUT2D eigenvalue weighted by atomic mass is 35.5. The standard InChI is InChI=1S/C19H11ClN6/c20-13-4-7-17-19(9-13)26-15(11-23-24-26)10-18-16(22-12-25(17)18)6-5-14-3-1-2-8-21-14/h1-4,7-9,11-12H,10H2. The van der Waals surface area contributed by atoms with Crippen molar-refractivity contribution < 1.29 is 0 Å². The number of aromatic nitrogens is 6. The van der Waals surface area contributed by atoms with Gasteiger partial charge < -0.3 is 0 Å². The molecular weight excluding hydrogens is 348 g/mol. The molecule has 7 heteroatoms. The molecule has 124 valence electrons. The lowest BCUT2D eigenvalue weighted by atomic mass is 10.2. The van der Waals surface area contributed by atoms with Gasteiger partial charge in [-0.3, -0.25) is 4.57 Å². The van der Waals surface area contributed by atoms with Gasteiger partial charge in [0.1, 0.15) is 17.7 Å². The summed E-state index contributed by atoms with van der Waals surface area (Å²) < 4.78 is 3.84. The summed E-state index contributed by atoms with van der Waals surface area (Å²) in [6.07, 6.45) is 5.88. The molecule has 0 unspecified atom stereocenters.